The largest absolute Gasteiger partial charge is 0.273 e. The molecular weight excluding hydrogens is 386 g/mol. The molecular formula is C21H17N5O2S. The summed E-state index contributed by atoms with van der Waals surface area (Å²) in [5, 5.41) is 13.4. The Morgan fingerprint density at radius 1 is 1.10 bits per heavy atom. The molecule has 0 bridgehead atoms. The maximum Gasteiger partial charge on any atom is 0.239 e. The van der Waals surface area contributed by atoms with Crippen LogP contribution in [0.5, 0.6) is 0 Å². The van der Waals surface area contributed by atoms with Gasteiger partial charge in [0, 0.05) is 18.8 Å². The van der Waals surface area contributed by atoms with Gasteiger partial charge in [0.05, 0.1) is 23.3 Å². The molecule has 7 nitrogen and oxygen atoms in total. The lowest BCUT2D eigenvalue weighted by Crippen LogP contribution is -2.27. The van der Waals surface area contributed by atoms with Gasteiger partial charge in [-0.2, -0.15) is 10.4 Å². The van der Waals surface area contributed by atoms with Crippen LogP contribution in [0.1, 0.15) is 11.1 Å². The second-order valence-corrected chi connectivity index (χ2v) is 8.50. The predicted molar refractivity (Wildman–Crippen MR) is 111 cm³/mol. The van der Waals surface area contributed by atoms with Crippen molar-refractivity contribution in [3.05, 3.63) is 84.2 Å². The molecule has 0 N–H and O–H groups in total. The van der Waals surface area contributed by atoms with Crippen LogP contribution in [-0.4, -0.2) is 30.1 Å². The summed E-state index contributed by atoms with van der Waals surface area (Å²) in [6.07, 6.45) is 3.07. The lowest BCUT2D eigenvalue weighted by atomic mass is 10.1. The number of benzene rings is 2. The van der Waals surface area contributed by atoms with Gasteiger partial charge in [-0.3, -0.25) is 4.31 Å². The molecule has 4 aromatic rings. The van der Waals surface area contributed by atoms with Crippen molar-refractivity contribution in [3.63, 3.8) is 0 Å². The van der Waals surface area contributed by atoms with Gasteiger partial charge in [0.15, 0.2) is 5.65 Å². The molecule has 0 radical (unpaired) electrons. The average molecular weight is 403 g/mol. The summed E-state index contributed by atoms with van der Waals surface area (Å²) in [7, 11) is -2.01. The Morgan fingerprint density at radius 3 is 2.66 bits per heavy atom. The third kappa shape index (κ3) is 3.56. The molecule has 0 aliphatic rings. The first kappa shape index (κ1) is 18.7. The van der Waals surface area contributed by atoms with Crippen LogP contribution in [-0.2, 0) is 15.8 Å². The fourth-order valence-corrected chi connectivity index (χ4v) is 4.33. The third-order valence-electron chi connectivity index (χ3n) is 4.64. The van der Waals surface area contributed by atoms with Crippen molar-refractivity contribution in [1.82, 2.24) is 14.6 Å². The molecule has 2 heterocycles. The number of fused-ring (bicyclic) bond motifs is 1. The van der Waals surface area contributed by atoms with Gasteiger partial charge in [-0.05, 0) is 23.8 Å². The second kappa shape index (κ2) is 7.37. The number of aromatic nitrogens is 3. The summed E-state index contributed by atoms with van der Waals surface area (Å²) in [6.45, 7) is 0. The monoisotopic (exact) mass is 403 g/mol. The zero-order chi connectivity index (χ0) is 20.4. The second-order valence-electron chi connectivity index (χ2n) is 6.50. The Hall–Kier alpha value is -3.70. The van der Waals surface area contributed by atoms with Crippen molar-refractivity contribution in [2.75, 3.05) is 11.4 Å². The molecule has 0 aliphatic carbocycles. The highest BCUT2D eigenvalue weighted by atomic mass is 32.2. The summed E-state index contributed by atoms with van der Waals surface area (Å²) >= 11 is 0. The van der Waals surface area contributed by atoms with E-state index < -0.39 is 10.0 Å². The van der Waals surface area contributed by atoms with Crippen molar-refractivity contribution in [3.8, 4) is 17.3 Å². The Kier molecular flexibility index (Phi) is 4.74. The van der Waals surface area contributed by atoms with Crippen molar-refractivity contribution >= 4 is 21.4 Å². The smallest absolute Gasteiger partial charge is 0.239 e. The van der Waals surface area contributed by atoms with Crippen molar-refractivity contribution < 1.29 is 8.42 Å². The van der Waals surface area contributed by atoms with Gasteiger partial charge < -0.3 is 0 Å². The lowest BCUT2D eigenvalue weighted by Gasteiger charge is -2.20. The summed E-state index contributed by atoms with van der Waals surface area (Å²) in [5.41, 5.74) is 3.59. The number of anilines is 1. The van der Waals surface area contributed by atoms with E-state index >= 15 is 0 Å². The molecule has 29 heavy (non-hydrogen) atoms. The van der Waals surface area contributed by atoms with Crippen LogP contribution >= 0.6 is 0 Å². The van der Waals surface area contributed by atoms with E-state index in [4.69, 9.17) is 0 Å². The number of hydrogen-bond donors (Lipinski definition) is 0. The van der Waals surface area contributed by atoms with Gasteiger partial charge in [-0.25, -0.2) is 17.9 Å². The van der Waals surface area contributed by atoms with Crippen LogP contribution in [0.25, 0.3) is 16.9 Å². The Labute approximate surface area is 168 Å². The first-order valence-corrected chi connectivity index (χ1v) is 10.4. The number of sulfonamides is 1. The van der Waals surface area contributed by atoms with E-state index in [2.05, 4.69) is 16.2 Å². The van der Waals surface area contributed by atoms with E-state index in [9.17, 15) is 13.7 Å². The van der Waals surface area contributed by atoms with Crippen molar-refractivity contribution in [2.24, 2.45) is 0 Å². The van der Waals surface area contributed by atoms with E-state index in [1.165, 1.54) is 10.5 Å². The van der Waals surface area contributed by atoms with Gasteiger partial charge in [0.1, 0.15) is 11.6 Å². The molecule has 0 amide bonds. The minimum atomic E-state index is -3.55. The Morgan fingerprint density at radius 2 is 1.90 bits per heavy atom. The normalized spacial score (nSPS) is 11.3. The number of hydrogen-bond acceptors (Lipinski definition) is 5. The van der Waals surface area contributed by atoms with Crippen LogP contribution in [0.2, 0.25) is 0 Å². The molecule has 2 aromatic heterocycles. The highest BCUT2D eigenvalue weighted by molar-refractivity contribution is 7.92. The quantitative estimate of drug-likeness (QED) is 0.510. The molecule has 0 unspecified atom stereocenters. The van der Waals surface area contributed by atoms with Gasteiger partial charge in [0.2, 0.25) is 10.0 Å². The molecule has 144 valence electrons. The fraction of sp³-hybridized carbons (Fsp3) is 0.0952. The van der Waals surface area contributed by atoms with Crippen LogP contribution in [0.15, 0.2) is 73.1 Å². The number of rotatable bonds is 5. The molecule has 0 fully saturated rings. The molecule has 0 spiro atoms. The average Bonchev–Trinajstić information content (AvgIpc) is 3.17. The molecule has 0 atom stereocenters. The molecule has 8 heteroatoms. The number of nitriles is 1. The van der Waals surface area contributed by atoms with E-state index in [0.29, 0.717) is 22.6 Å². The predicted octanol–water partition coefficient (Wildman–Crippen LogP) is 3.23. The molecule has 2 aromatic carbocycles. The lowest BCUT2D eigenvalue weighted by molar-refractivity contribution is 0.593. The Bertz CT molecular complexity index is 1320. The van der Waals surface area contributed by atoms with E-state index in [-0.39, 0.29) is 5.75 Å². The summed E-state index contributed by atoms with van der Waals surface area (Å²) in [6, 6.07) is 20.1. The maximum absolute atomic E-state index is 12.9. The minimum Gasteiger partial charge on any atom is -0.273 e. The zero-order valence-electron chi connectivity index (χ0n) is 15.6. The van der Waals surface area contributed by atoms with Crippen LogP contribution in [0, 0.1) is 11.3 Å². The standard InChI is InChI=1S/C21H17N5O2S/c1-25(29(27,28)15-16-6-3-2-4-7-16)19-9-5-8-17(12-19)20-10-11-23-21-18(13-22)14-24-26(20)21/h2-12,14H,15H2,1H3. The summed E-state index contributed by atoms with van der Waals surface area (Å²) in [5.74, 6) is -0.0846. The summed E-state index contributed by atoms with van der Waals surface area (Å²) in [4.78, 5) is 4.21. The highest BCUT2D eigenvalue weighted by Crippen LogP contribution is 2.27. The van der Waals surface area contributed by atoms with Crippen LogP contribution < -0.4 is 4.31 Å². The van der Waals surface area contributed by atoms with Crippen molar-refractivity contribution in [1.29, 1.82) is 5.26 Å². The third-order valence-corrected chi connectivity index (χ3v) is 6.38. The van der Waals surface area contributed by atoms with Crippen LogP contribution in [0.4, 0.5) is 5.69 Å². The molecule has 0 aliphatic heterocycles. The Balaban J connectivity index is 1.71. The fourth-order valence-electron chi connectivity index (χ4n) is 3.09. The molecule has 0 saturated carbocycles. The van der Waals surface area contributed by atoms with E-state index in [0.717, 1.165) is 11.1 Å². The molecule has 4 rings (SSSR count). The first-order chi connectivity index (χ1) is 14.0. The van der Waals surface area contributed by atoms with E-state index in [1.54, 1.807) is 54.2 Å². The first-order valence-electron chi connectivity index (χ1n) is 8.83. The van der Waals surface area contributed by atoms with Gasteiger partial charge in [-0.15, -0.1) is 0 Å². The van der Waals surface area contributed by atoms with Gasteiger partial charge >= 0.3 is 0 Å². The SMILES string of the molecule is CN(c1cccc(-c2ccnc3c(C#N)cnn23)c1)S(=O)(=O)Cc1ccccc1. The summed E-state index contributed by atoms with van der Waals surface area (Å²) < 4.78 is 28.6. The topological polar surface area (TPSA) is 91.4 Å². The number of nitrogens with zero attached hydrogens (tertiary/aromatic N) is 5. The minimum absolute atomic E-state index is 0.0846. The van der Waals surface area contributed by atoms with E-state index in [1.807, 2.05) is 24.3 Å². The maximum atomic E-state index is 12.9. The van der Waals surface area contributed by atoms with Gasteiger partial charge in [-0.1, -0.05) is 42.5 Å². The zero-order valence-corrected chi connectivity index (χ0v) is 16.4. The van der Waals surface area contributed by atoms with Crippen molar-refractivity contribution in [2.45, 2.75) is 5.75 Å². The molecule has 0 saturated heterocycles. The van der Waals surface area contributed by atoms with Gasteiger partial charge in [0.25, 0.3) is 0 Å². The highest BCUT2D eigenvalue weighted by Gasteiger charge is 2.20. The van der Waals surface area contributed by atoms with Crippen LogP contribution in [0.3, 0.4) is 0 Å².